The van der Waals surface area contributed by atoms with Gasteiger partial charge in [0, 0.05) is 25.5 Å². The second-order valence-corrected chi connectivity index (χ2v) is 8.25. The summed E-state index contributed by atoms with van der Waals surface area (Å²) < 4.78 is 32.5. The fourth-order valence-corrected chi connectivity index (χ4v) is 4.44. The van der Waals surface area contributed by atoms with Crippen molar-refractivity contribution in [2.24, 2.45) is 0 Å². The van der Waals surface area contributed by atoms with E-state index >= 15 is 0 Å². The standard InChI is InChI=1S/C19H22N4O5S/c24-18(21-13-15-7-9-20-10-8-15)19(25)22-14-17-23(11-4-12-28-17)29(26,27)16-5-2-1-3-6-16/h1-3,5-10,17H,4,11-14H2,(H,21,24)(H,22,25)/t17-/m0/s1. The molecule has 1 aliphatic rings. The zero-order valence-electron chi connectivity index (χ0n) is 15.7. The predicted octanol–water partition coefficient (Wildman–Crippen LogP) is 0.251. The molecule has 10 heteroatoms. The first kappa shape index (κ1) is 20.9. The first-order valence-electron chi connectivity index (χ1n) is 9.12. The van der Waals surface area contributed by atoms with Crippen molar-refractivity contribution in [3.63, 3.8) is 0 Å². The lowest BCUT2D eigenvalue weighted by Crippen LogP contribution is -2.53. The van der Waals surface area contributed by atoms with Crippen molar-refractivity contribution in [1.29, 1.82) is 0 Å². The van der Waals surface area contributed by atoms with E-state index in [0.717, 1.165) is 5.56 Å². The Morgan fingerprint density at radius 2 is 1.76 bits per heavy atom. The van der Waals surface area contributed by atoms with Gasteiger partial charge < -0.3 is 15.4 Å². The van der Waals surface area contributed by atoms with Crippen LogP contribution < -0.4 is 10.6 Å². The largest absolute Gasteiger partial charge is 0.360 e. The van der Waals surface area contributed by atoms with Crippen molar-refractivity contribution in [2.45, 2.75) is 24.1 Å². The Morgan fingerprint density at radius 3 is 2.48 bits per heavy atom. The van der Waals surface area contributed by atoms with E-state index in [0.29, 0.717) is 13.0 Å². The smallest absolute Gasteiger partial charge is 0.309 e. The summed E-state index contributed by atoms with van der Waals surface area (Å²) in [6.45, 7) is 0.693. The van der Waals surface area contributed by atoms with E-state index in [4.69, 9.17) is 4.74 Å². The Morgan fingerprint density at radius 1 is 1.07 bits per heavy atom. The Kier molecular flexibility index (Phi) is 6.91. The molecular formula is C19H22N4O5S. The van der Waals surface area contributed by atoms with Crippen LogP contribution in [-0.2, 0) is 30.9 Å². The van der Waals surface area contributed by atoms with Crippen molar-refractivity contribution in [1.82, 2.24) is 19.9 Å². The number of ether oxygens (including phenoxy) is 1. The number of sulfonamides is 1. The number of carbonyl (C=O) groups excluding carboxylic acids is 2. The van der Waals surface area contributed by atoms with Gasteiger partial charge in [0.1, 0.15) is 6.23 Å². The summed E-state index contributed by atoms with van der Waals surface area (Å²) in [7, 11) is -3.78. The molecule has 1 aliphatic heterocycles. The Hall–Kier alpha value is -2.82. The highest BCUT2D eigenvalue weighted by molar-refractivity contribution is 7.89. The quantitative estimate of drug-likeness (QED) is 0.650. The lowest BCUT2D eigenvalue weighted by Gasteiger charge is -2.34. The van der Waals surface area contributed by atoms with Gasteiger partial charge in [0.2, 0.25) is 10.0 Å². The zero-order chi connectivity index (χ0) is 20.7. The van der Waals surface area contributed by atoms with E-state index in [-0.39, 0.29) is 24.5 Å². The number of hydrogen-bond acceptors (Lipinski definition) is 6. The van der Waals surface area contributed by atoms with E-state index in [1.165, 1.54) is 16.4 Å². The van der Waals surface area contributed by atoms with Crippen LogP contribution in [0.3, 0.4) is 0 Å². The Bertz CT molecular complexity index is 938. The van der Waals surface area contributed by atoms with Gasteiger partial charge in [-0.2, -0.15) is 4.31 Å². The predicted molar refractivity (Wildman–Crippen MR) is 104 cm³/mol. The van der Waals surface area contributed by atoms with Crippen LogP contribution in [0.4, 0.5) is 0 Å². The minimum Gasteiger partial charge on any atom is -0.360 e. The molecule has 9 nitrogen and oxygen atoms in total. The second kappa shape index (κ2) is 9.59. The lowest BCUT2D eigenvalue weighted by atomic mass is 10.3. The minimum atomic E-state index is -3.78. The average molecular weight is 418 g/mol. The summed E-state index contributed by atoms with van der Waals surface area (Å²) >= 11 is 0. The van der Waals surface area contributed by atoms with Crippen LogP contribution in [0.2, 0.25) is 0 Å². The van der Waals surface area contributed by atoms with Crippen molar-refractivity contribution in [3.8, 4) is 0 Å². The normalized spacial score (nSPS) is 17.4. The summed E-state index contributed by atoms with van der Waals surface area (Å²) in [6, 6.07) is 11.5. The van der Waals surface area contributed by atoms with Crippen LogP contribution in [0.15, 0.2) is 59.8 Å². The van der Waals surface area contributed by atoms with Gasteiger partial charge in [0.15, 0.2) is 0 Å². The molecular weight excluding hydrogens is 396 g/mol. The number of amides is 2. The van der Waals surface area contributed by atoms with Crippen LogP contribution in [0.5, 0.6) is 0 Å². The number of hydrogen-bond donors (Lipinski definition) is 2. The van der Waals surface area contributed by atoms with Crippen LogP contribution in [0, 0.1) is 0 Å². The molecule has 2 N–H and O–H groups in total. The number of carbonyl (C=O) groups is 2. The number of nitrogens with one attached hydrogen (secondary N) is 2. The maximum absolute atomic E-state index is 12.9. The molecule has 0 spiro atoms. The third kappa shape index (κ3) is 5.37. The molecule has 0 aliphatic carbocycles. The van der Waals surface area contributed by atoms with Gasteiger partial charge in [0.05, 0.1) is 18.0 Å². The molecule has 1 aromatic heterocycles. The summed E-state index contributed by atoms with van der Waals surface area (Å²) in [6.07, 6.45) is 2.84. The van der Waals surface area contributed by atoms with Crippen LogP contribution >= 0.6 is 0 Å². The minimum absolute atomic E-state index is 0.131. The first-order chi connectivity index (χ1) is 14.0. The van der Waals surface area contributed by atoms with E-state index in [1.807, 2.05) is 0 Å². The van der Waals surface area contributed by atoms with Crippen molar-refractivity contribution < 1.29 is 22.7 Å². The molecule has 1 atom stereocenters. The molecule has 0 radical (unpaired) electrons. The maximum atomic E-state index is 12.9. The molecule has 1 fully saturated rings. The van der Waals surface area contributed by atoms with Crippen molar-refractivity contribution in [3.05, 3.63) is 60.4 Å². The Labute approximate surface area is 169 Å². The van der Waals surface area contributed by atoms with Gasteiger partial charge in [-0.05, 0) is 36.2 Å². The highest BCUT2D eigenvalue weighted by atomic mass is 32.2. The first-order valence-corrected chi connectivity index (χ1v) is 10.6. The molecule has 29 heavy (non-hydrogen) atoms. The number of benzene rings is 1. The SMILES string of the molecule is O=C(NCc1ccncc1)C(=O)NC[C@@H]1OCCCN1S(=O)(=O)c1ccccc1. The van der Waals surface area contributed by atoms with Crippen LogP contribution in [-0.4, -0.2) is 55.4 Å². The molecule has 0 unspecified atom stereocenters. The monoisotopic (exact) mass is 418 g/mol. The van der Waals surface area contributed by atoms with Gasteiger partial charge in [0.25, 0.3) is 0 Å². The molecule has 1 saturated heterocycles. The van der Waals surface area contributed by atoms with Crippen LogP contribution in [0.25, 0.3) is 0 Å². The van der Waals surface area contributed by atoms with Gasteiger partial charge >= 0.3 is 11.8 Å². The highest BCUT2D eigenvalue weighted by Crippen LogP contribution is 2.21. The third-order valence-corrected chi connectivity index (χ3v) is 6.25. The van der Waals surface area contributed by atoms with E-state index in [2.05, 4.69) is 15.6 Å². The molecule has 2 amide bonds. The van der Waals surface area contributed by atoms with Gasteiger partial charge in [-0.15, -0.1) is 0 Å². The van der Waals surface area contributed by atoms with Gasteiger partial charge in [-0.3, -0.25) is 14.6 Å². The summed E-state index contributed by atoms with van der Waals surface area (Å²) in [5, 5.41) is 4.95. The summed E-state index contributed by atoms with van der Waals surface area (Å²) in [5.41, 5.74) is 0.803. The zero-order valence-corrected chi connectivity index (χ0v) is 16.5. The molecule has 2 aromatic rings. The van der Waals surface area contributed by atoms with E-state index < -0.39 is 28.1 Å². The molecule has 0 bridgehead atoms. The van der Waals surface area contributed by atoms with Crippen molar-refractivity contribution in [2.75, 3.05) is 19.7 Å². The van der Waals surface area contributed by atoms with E-state index in [9.17, 15) is 18.0 Å². The highest BCUT2D eigenvalue weighted by Gasteiger charge is 2.34. The summed E-state index contributed by atoms with van der Waals surface area (Å²) in [5.74, 6) is -1.67. The van der Waals surface area contributed by atoms with Gasteiger partial charge in [-0.1, -0.05) is 18.2 Å². The third-order valence-electron chi connectivity index (χ3n) is 4.35. The van der Waals surface area contributed by atoms with Gasteiger partial charge in [-0.25, -0.2) is 8.42 Å². The number of nitrogens with zero attached hydrogens (tertiary/aromatic N) is 2. The summed E-state index contributed by atoms with van der Waals surface area (Å²) in [4.78, 5) is 28.1. The lowest BCUT2D eigenvalue weighted by molar-refractivity contribution is -0.140. The number of pyridine rings is 1. The second-order valence-electron chi connectivity index (χ2n) is 6.36. The molecule has 3 rings (SSSR count). The topological polar surface area (TPSA) is 118 Å². The van der Waals surface area contributed by atoms with E-state index in [1.54, 1.807) is 42.7 Å². The number of rotatable bonds is 6. The maximum Gasteiger partial charge on any atom is 0.309 e. The Balaban J connectivity index is 1.57. The fraction of sp³-hybridized carbons (Fsp3) is 0.316. The average Bonchev–Trinajstić information content (AvgIpc) is 2.77. The fourth-order valence-electron chi connectivity index (χ4n) is 2.85. The van der Waals surface area contributed by atoms with Crippen LogP contribution in [0.1, 0.15) is 12.0 Å². The van der Waals surface area contributed by atoms with Crippen molar-refractivity contribution >= 4 is 21.8 Å². The molecule has 154 valence electrons. The number of aromatic nitrogens is 1. The molecule has 1 aromatic carbocycles. The molecule has 2 heterocycles. The molecule has 0 saturated carbocycles.